The highest BCUT2D eigenvalue weighted by Gasteiger charge is 2.01. The third-order valence-corrected chi connectivity index (χ3v) is 1.65. The van der Waals surface area contributed by atoms with Crippen LogP contribution < -0.4 is 5.56 Å². The van der Waals surface area contributed by atoms with Crippen LogP contribution in [0.3, 0.4) is 0 Å². The van der Waals surface area contributed by atoms with Crippen molar-refractivity contribution in [2.75, 3.05) is 0 Å². The van der Waals surface area contributed by atoms with Gasteiger partial charge in [-0.2, -0.15) is 0 Å². The van der Waals surface area contributed by atoms with Crippen molar-refractivity contribution in [1.82, 2.24) is 19.5 Å². The number of fused-ring (bicyclic) bond motifs is 1. The van der Waals surface area contributed by atoms with Crippen LogP contribution in [0.2, 0.25) is 0 Å². The molecule has 2 aromatic heterocycles. The minimum absolute atomic E-state index is 0.234. The molecule has 0 radical (unpaired) electrons. The Morgan fingerprint density at radius 2 is 2.31 bits per heavy atom. The molecule has 0 unspecified atom stereocenters. The zero-order chi connectivity index (χ0) is 9.26. The van der Waals surface area contributed by atoms with E-state index in [4.69, 9.17) is 0 Å². The summed E-state index contributed by atoms with van der Waals surface area (Å²) in [6, 6.07) is 0. The fourth-order valence-electron chi connectivity index (χ4n) is 1.01. The van der Waals surface area contributed by atoms with E-state index < -0.39 is 0 Å². The van der Waals surface area contributed by atoms with Gasteiger partial charge in [-0.15, -0.1) is 0 Å². The van der Waals surface area contributed by atoms with E-state index in [0.717, 1.165) is 0 Å². The highest BCUT2D eigenvalue weighted by molar-refractivity contribution is 5.71. The molecule has 5 nitrogen and oxygen atoms in total. The molecular formula is C8H6N4O. The van der Waals surface area contributed by atoms with Crippen LogP contribution in [0.4, 0.5) is 0 Å². The van der Waals surface area contributed by atoms with Crippen LogP contribution in [-0.4, -0.2) is 19.5 Å². The highest BCUT2D eigenvalue weighted by atomic mass is 16.1. The third-order valence-electron chi connectivity index (χ3n) is 1.65. The molecule has 0 saturated carbocycles. The second-order valence-corrected chi connectivity index (χ2v) is 2.40. The number of hydrogen-bond acceptors (Lipinski definition) is 4. The maximum Gasteiger partial charge on any atom is 0.284 e. The zero-order valence-electron chi connectivity index (χ0n) is 6.71. The van der Waals surface area contributed by atoms with Crippen molar-refractivity contribution in [2.45, 2.75) is 0 Å². The summed E-state index contributed by atoms with van der Waals surface area (Å²) in [7, 11) is 0. The van der Waals surface area contributed by atoms with Gasteiger partial charge >= 0.3 is 0 Å². The summed E-state index contributed by atoms with van der Waals surface area (Å²) in [4.78, 5) is 23.1. The van der Waals surface area contributed by atoms with Crippen molar-refractivity contribution < 1.29 is 0 Å². The standard InChI is InChI=1S/C8H6N4O/c1-2-12-5-11-6-3-9-4-10-7(6)8(12)13/h2-5H,1H2. The second-order valence-electron chi connectivity index (χ2n) is 2.40. The van der Waals surface area contributed by atoms with Crippen molar-refractivity contribution in [3.05, 3.63) is 35.8 Å². The van der Waals surface area contributed by atoms with Crippen LogP contribution >= 0.6 is 0 Å². The molecule has 0 N–H and O–H groups in total. The van der Waals surface area contributed by atoms with Gasteiger partial charge in [0.15, 0.2) is 5.52 Å². The van der Waals surface area contributed by atoms with Gasteiger partial charge in [-0.3, -0.25) is 9.36 Å². The van der Waals surface area contributed by atoms with Crippen LogP contribution in [0.5, 0.6) is 0 Å². The number of aromatic nitrogens is 4. The van der Waals surface area contributed by atoms with Crippen LogP contribution in [0, 0.1) is 0 Å². The molecule has 0 bridgehead atoms. The third kappa shape index (κ3) is 1.10. The fraction of sp³-hybridized carbons (Fsp3) is 0. The fourth-order valence-corrected chi connectivity index (χ4v) is 1.01. The predicted molar refractivity (Wildman–Crippen MR) is 48.0 cm³/mol. The Kier molecular flexibility index (Phi) is 1.63. The summed E-state index contributed by atoms with van der Waals surface area (Å²) in [6.45, 7) is 3.48. The Morgan fingerprint density at radius 3 is 3.08 bits per heavy atom. The normalized spacial score (nSPS) is 10.2. The first-order chi connectivity index (χ1) is 6.33. The smallest absolute Gasteiger partial charge is 0.273 e. The Labute approximate surface area is 73.4 Å². The van der Waals surface area contributed by atoms with Gasteiger partial charge in [0.05, 0.1) is 6.20 Å². The van der Waals surface area contributed by atoms with E-state index in [9.17, 15) is 4.79 Å². The minimum Gasteiger partial charge on any atom is -0.273 e. The van der Waals surface area contributed by atoms with Gasteiger partial charge in [0.1, 0.15) is 18.2 Å². The molecule has 5 heteroatoms. The summed E-state index contributed by atoms with van der Waals surface area (Å²) in [5, 5.41) is 0. The largest absolute Gasteiger partial charge is 0.284 e. The molecule has 0 atom stereocenters. The molecule has 0 aliphatic carbocycles. The molecular weight excluding hydrogens is 168 g/mol. The molecule has 0 fully saturated rings. The molecule has 2 heterocycles. The highest BCUT2D eigenvalue weighted by Crippen LogP contribution is 1.98. The monoisotopic (exact) mass is 174 g/mol. The molecule has 0 aliphatic heterocycles. The summed E-state index contributed by atoms with van der Waals surface area (Å²) >= 11 is 0. The molecule has 64 valence electrons. The lowest BCUT2D eigenvalue weighted by Gasteiger charge is -1.97. The first kappa shape index (κ1) is 7.60. The first-order valence-electron chi connectivity index (χ1n) is 3.62. The molecule has 0 aromatic carbocycles. The van der Waals surface area contributed by atoms with Gasteiger partial charge in [0.25, 0.3) is 5.56 Å². The van der Waals surface area contributed by atoms with Crippen LogP contribution in [0.1, 0.15) is 0 Å². The van der Waals surface area contributed by atoms with Crippen molar-refractivity contribution >= 4 is 17.2 Å². The maximum absolute atomic E-state index is 11.5. The topological polar surface area (TPSA) is 60.7 Å². The summed E-state index contributed by atoms with van der Waals surface area (Å²) in [6.07, 6.45) is 5.59. The molecule has 0 aliphatic rings. The average Bonchev–Trinajstić information content (AvgIpc) is 2.19. The van der Waals surface area contributed by atoms with E-state index in [1.807, 2.05) is 0 Å². The Hall–Kier alpha value is -2.04. The van der Waals surface area contributed by atoms with Crippen molar-refractivity contribution in [2.24, 2.45) is 0 Å². The van der Waals surface area contributed by atoms with Crippen molar-refractivity contribution in [1.29, 1.82) is 0 Å². The van der Waals surface area contributed by atoms with E-state index in [-0.39, 0.29) is 5.56 Å². The molecule has 2 rings (SSSR count). The summed E-state index contributed by atoms with van der Waals surface area (Å²) in [5.41, 5.74) is 0.561. The van der Waals surface area contributed by atoms with Crippen LogP contribution in [0.25, 0.3) is 17.2 Å². The van der Waals surface area contributed by atoms with E-state index in [0.29, 0.717) is 11.0 Å². The van der Waals surface area contributed by atoms with E-state index in [1.165, 1.54) is 29.6 Å². The number of rotatable bonds is 1. The van der Waals surface area contributed by atoms with Gasteiger partial charge < -0.3 is 0 Å². The lowest BCUT2D eigenvalue weighted by molar-refractivity contribution is 1.00. The average molecular weight is 174 g/mol. The quantitative estimate of drug-likeness (QED) is 0.623. The summed E-state index contributed by atoms with van der Waals surface area (Å²) < 4.78 is 1.27. The van der Waals surface area contributed by atoms with E-state index in [2.05, 4.69) is 21.5 Å². The maximum atomic E-state index is 11.5. The lowest BCUT2D eigenvalue weighted by atomic mass is 10.4. The van der Waals surface area contributed by atoms with Gasteiger partial charge in [0.2, 0.25) is 0 Å². The van der Waals surface area contributed by atoms with Gasteiger partial charge in [-0.05, 0) is 0 Å². The minimum atomic E-state index is -0.234. The zero-order valence-corrected chi connectivity index (χ0v) is 6.71. The van der Waals surface area contributed by atoms with Gasteiger partial charge in [-0.1, -0.05) is 6.58 Å². The van der Waals surface area contributed by atoms with Gasteiger partial charge in [-0.25, -0.2) is 15.0 Å². The molecule has 0 saturated heterocycles. The van der Waals surface area contributed by atoms with Crippen LogP contribution in [0.15, 0.2) is 30.2 Å². The molecule has 13 heavy (non-hydrogen) atoms. The van der Waals surface area contributed by atoms with E-state index >= 15 is 0 Å². The Bertz CT molecular complexity index is 517. The Balaban J connectivity index is 2.95. The van der Waals surface area contributed by atoms with E-state index in [1.54, 1.807) is 0 Å². The number of nitrogens with zero attached hydrogens (tertiary/aromatic N) is 4. The predicted octanol–water partition coefficient (Wildman–Crippen LogP) is 0.287. The lowest BCUT2D eigenvalue weighted by Crippen LogP contribution is -2.16. The Morgan fingerprint density at radius 1 is 1.46 bits per heavy atom. The van der Waals surface area contributed by atoms with Crippen molar-refractivity contribution in [3.63, 3.8) is 0 Å². The van der Waals surface area contributed by atoms with Crippen LogP contribution in [-0.2, 0) is 0 Å². The second kappa shape index (κ2) is 2.78. The molecule has 2 aromatic rings. The molecule has 0 spiro atoms. The SMILES string of the molecule is C=Cn1cnc2cncnc2c1=O. The summed E-state index contributed by atoms with van der Waals surface area (Å²) in [5.74, 6) is 0. The van der Waals surface area contributed by atoms with Crippen molar-refractivity contribution in [3.8, 4) is 0 Å². The number of hydrogen-bond donors (Lipinski definition) is 0. The first-order valence-corrected chi connectivity index (χ1v) is 3.62. The van der Waals surface area contributed by atoms with Gasteiger partial charge in [0, 0.05) is 6.20 Å². The molecule has 0 amide bonds.